The van der Waals surface area contributed by atoms with E-state index in [0.29, 0.717) is 22.3 Å². The predicted octanol–water partition coefficient (Wildman–Crippen LogP) is 7.03. The number of hydrogen-bond donors (Lipinski definition) is 1. The molecule has 12 heteroatoms. The zero-order valence-electron chi connectivity index (χ0n) is 14.9. The van der Waals surface area contributed by atoms with Crippen molar-refractivity contribution in [2.24, 2.45) is 0 Å². The topological polar surface area (TPSA) is 54.5 Å². The lowest BCUT2D eigenvalue weighted by atomic mass is 10.1. The molecule has 4 aromatic rings. The molecule has 4 nitrogen and oxygen atoms in total. The third-order valence-corrected chi connectivity index (χ3v) is 4.80. The molecule has 0 atom stereocenters. The van der Waals surface area contributed by atoms with Gasteiger partial charge in [-0.25, -0.2) is 4.98 Å². The maximum absolute atomic E-state index is 13.3. The summed E-state index contributed by atoms with van der Waals surface area (Å²) >= 11 is 11.9. The lowest BCUT2D eigenvalue weighted by molar-refractivity contribution is -0.142. The van der Waals surface area contributed by atoms with Crippen molar-refractivity contribution in [3.05, 3.63) is 63.9 Å². The Kier molecular flexibility index (Phi) is 5.09. The van der Waals surface area contributed by atoms with Gasteiger partial charge >= 0.3 is 12.4 Å². The fraction of sp³-hybridized carbons (Fsp3) is 0.105. The molecule has 0 fully saturated rings. The minimum atomic E-state index is -5.03. The van der Waals surface area contributed by atoms with Gasteiger partial charge in [0.05, 0.1) is 32.4 Å². The Labute approximate surface area is 179 Å². The first-order chi connectivity index (χ1) is 14.4. The summed E-state index contributed by atoms with van der Waals surface area (Å²) in [6.45, 7) is 0. The summed E-state index contributed by atoms with van der Waals surface area (Å²) in [6.07, 6.45) is -7.24. The number of nitrogens with zero attached hydrogens (tertiary/aromatic N) is 3. The van der Waals surface area contributed by atoms with Crippen LogP contribution in [0.15, 0.2) is 42.7 Å². The highest BCUT2D eigenvalue weighted by atomic mass is 35.5. The van der Waals surface area contributed by atoms with Crippen LogP contribution in [0.4, 0.5) is 26.3 Å². The number of H-pyrrole nitrogens is 1. The van der Waals surface area contributed by atoms with Gasteiger partial charge in [0.25, 0.3) is 0 Å². The van der Waals surface area contributed by atoms with E-state index in [1.807, 2.05) is 0 Å². The molecule has 4 rings (SSSR count). The second kappa shape index (κ2) is 7.38. The van der Waals surface area contributed by atoms with E-state index in [0.717, 1.165) is 0 Å². The van der Waals surface area contributed by atoms with Crippen LogP contribution in [0, 0.1) is 0 Å². The Morgan fingerprint density at radius 1 is 0.839 bits per heavy atom. The smallest absolute Gasteiger partial charge is 0.337 e. The number of pyridine rings is 2. The van der Waals surface area contributed by atoms with Gasteiger partial charge in [-0.1, -0.05) is 23.2 Å². The number of rotatable bonds is 2. The zero-order valence-corrected chi connectivity index (χ0v) is 16.4. The number of fused-ring (bicyclic) bond motifs is 1. The quantitative estimate of drug-likeness (QED) is 0.316. The van der Waals surface area contributed by atoms with E-state index in [1.165, 1.54) is 24.5 Å². The number of aromatic amines is 1. The predicted molar refractivity (Wildman–Crippen MR) is 103 cm³/mol. The molecular weight excluding hydrogens is 469 g/mol. The molecule has 31 heavy (non-hydrogen) atoms. The van der Waals surface area contributed by atoms with E-state index in [4.69, 9.17) is 23.2 Å². The Bertz CT molecular complexity index is 1280. The average molecular weight is 477 g/mol. The fourth-order valence-corrected chi connectivity index (χ4v) is 3.41. The summed E-state index contributed by atoms with van der Waals surface area (Å²) in [7, 11) is 0. The van der Waals surface area contributed by atoms with Gasteiger partial charge in [-0.15, -0.1) is 0 Å². The first-order valence-electron chi connectivity index (χ1n) is 8.39. The van der Waals surface area contributed by atoms with Gasteiger partial charge in [-0.05, 0) is 30.3 Å². The molecule has 0 radical (unpaired) electrons. The van der Waals surface area contributed by atoms with Crippen LogP contribution in [0.3, 0.4) is 0 Å². The van der Waals surface area contributed by atoms with Gasteiger partial charge in [0.15, 0.2) is 5.82 Å². The monoisotopic (exact) mass is 476 g/mol. The number of halogens is 8. The van der Waals surface area contributed by atoms with E-state index < -0.39 is 34.5 Å². The van der Waals surface area contributed by atoms with Crippen LogP contribution in [-0.2, 0) is 12.4 Å². The molecule has 3 heterocycles. The molecule has 0 bridgehead atoms. The molecule has 0 spiro atoms. The lowest BCUT2D eigenvalue weighted by Gasteiger charge is -2.11. The second-order valence-corrected chi connectivity index (χ2v) is 7.26. The third kappa shape index (κ3) is 4.17. The largest absolute Gasteiger partial charge is 0.418 e. The number of benzene rings is 1. The SMILES string of the molecule is FC(F)(F)c1cc(C(F)(F)F)c2nc(-c3ccc(-c4ncc(Cl)cc4Cl)cn3)[nH]c2c1. The molecule has 0 aliphatic heterocycles. The molecule has 0 unspecified atom stereocenters. The Morgan fingerprint density at radius 3 is 2.16 bits per heavy atom. The van der Waals surface area contributed by atoms with E-state index in [1.54, 1.807) is 6.07 Å². The maximum atomic E-state index is 13.3. The molecular formula is C19H8Cl2F6N4. The fourth-order valence-electron chi connectivity index (χ4n) is 2.92. The second-order valence-electron chi connectivity index (χ2n) is 6.42. The van der Waals surface area contributed by atoms with Gasteiger partial charge in [0.1, 0.15) is 11.2 Å². The van der Waals surface area contributed by atoms with Crippen molar-refractivity contribution in [1.29, 1.82) is 0 Å². The molecule has 0 saturated heterocycles. The van der Waals surface area contributed by atoms with Crippen molar-refractivity contribution >= 4 is 34.2 Å². The van der Waals surface area contributed by atoms with Crippen LogP contribution in [0.2, 0.25) is 10.0 Å². The third-order valence-electron chi connectivity index (χ3n) is 4.31. The Hall–Kier alpha value is -2.85. The minimum absolute atomic E-state index is 0.0394. The number of alkyl halides is 6. The molecule has 3 aromatic heterocycles. The molecule has 0 saturated carbocycles. The Morgan fingerprint density at radius 2 is 1.58 bits per heavy atom. The van der Waals surface area contributed by atoms with Crippen molar-refractivity contribution in [2.75, 3.05) is 0 Å². The average Bonchev–Trinajstić information content (AvgIpc) is 3.10. The number of aromatic nitrogens is 4. The standard InChI is InChI=1S/C19H8Cl2F6N4/c20-10-5-12(21)15(29-7-10)8-1-2-13(28-6-8)17-30-14-4-9(18(22,23)24)3-11(16(14)31-17)19(25,26)27/h1-7H,(H,30,31). The minimum Gasteiger partial charge on any atom is -0.337 e. The molecule has 160 valence electrons. The molecule has 0 aliphatic carbocycles. The van der Waals surface area contributed by atoms with Crippen LogP contribution >= 0.6 is 23.2 Å². The van der Waals surface area contributed by atoms with Gasteiger partial charge in [-0.3, -0.25) is 9.97 Å². The van der Waals surface area contributed by atoms with Crippen LogP contribution in [0.5, 0.6) is 0 Å². The van der Waals surface area contributed by atoms with Crippen LogP contribution in [0.1, 0.15) is 11.1 Å². The van der Waals surface area contributed by atoms with Gasteiger partial charge in [0.2, 0.25) is 0 Å². The molecule has 0 amide bonds. The van der Waals surface area contributed by atoms with E-state index in [9.17, 15) is 26.3 Å². The highest BCUT2D eigenvalue weighted by Gasteiger charge is 2.39. The maximum Gasteiger partial charge on any atom is 0.418 e. The van der Waals surface area contributed by atoms with Crippen LogP contribution in [-0.4, -0.2) is 19.9 Å². The number of imidazole rings is 1. The van der Waals surface area contributed by atoms with Crippen molar-refractivity contribution in [2.45, 2.75) is 12.4 Å². The first-order valence-corrected chi connectivity index (χ1v) is 9.15. The van der Waals surface area contributed by atoms with Crippen molar-refractivity contribution in [3.8, 4) is 22.8 Å². The highest BCUT2D eigenvalue weighted by molar-refractivity contribution is 6.36. The summed E-state index contributed by atoms with van der Waals surface area (Å²) in [5.41, 5.74) is -2.98. The summed E-state index contributed by atoms with van der Waals surface area (Å²) in [5.74, 6) is -0.124. The van der Waals surface area contributed by atoms with Crippen molar-refractivity contribution in [1.82, 2.24) is 19.9 Å². The van der Waals surface area contributed by atoms with Crippen LogP contribution in [0.25, 0.3) is 33.8 Å². The van der Waals surface area contributed by atoms with Crippen molar-refractivity contribution in [3.63, 3.8) is 0 Å². The molecule has 0 aliphatic rings. The van der Waals surface area contributed by atoms with E-state index in [2.05, 4.69) is 19.9 Å². The summed E-state index contributed by atoms with van der Waals surface area (Å²) in [5, 5.41) is 0.597. The zero-order chi connectivity index (χ0) is 22.6. The van der Waals surface area contributed by atoms with E-state index in [-0.39, 0.29) is 22.6 Å². The Balaban J connectivity index is 1.80. The normalized spacial score (nSPS) is 12.5. The molecule has 1 aromatic carbocycles. The van der Waals surface area contributed by atoms with Crippen molar-refractivity contribution < 1.29 is 26.3 Å². The number of hydrogen-bond acceptors (Lipinski definition) is 3. The number of nitrogens with one attached hydrogen (secondary N) is 1. The summed E-state index contributed by atoms with van der Waals surface area (Å²) < 4.78 is 79.1. The van der Waals surface area contributed by atoms with Gasteiger partial charge in [-0.2, -0.15) is 26.3 Å². The van der Waals surface area contributed by atoms with Gasteiger partial charge in [0, 0.05) is 18.0 Å². The van der Waals surface area contributed by atoms with Gasteiger partial charge < -0.3 is 4.98 Å². The lowest BCUT2D eigenvalue weighted by Crippen LogP contribution is -2.11. The molecule has 1 N–H and O–H groups in total. The van der Waals surface area contributed by atoms with Crippen LogP contribution < -0.4 is 0 Å². The summed E-state index contributed by atoms with van der Waals surface area (Å²) in [6, 6.07) is 5.07. The first kappa shape index (κ1) is 21.4. The highest BCUT2D eigenvalue weighted by Crippen LogP contribution is 2.40. The van der Waals surface area contributed by atoms with E-state index >= 15 is 0 Å². The summed E-state index contributed by atoms with van der Waals surface area (Å²) in [4.78, 5) is 14.5.